The van der Waals surface area contributed by atoms with E-state index in [9.17, 15) is 14.4 Å². The highest BCUT2D eigenvalue weighted by molar-refractivity contribution is 6.37. The molecule has 0 bridgehead atoms. The quantitative estimate of drug-likeness (QED) is 0.294. The highest BCUT2D eigenvalue weighted by Gasteiger charge is 2.30. The van der Waals surface area contributed by atoms with Crippen molar-refractivity contribution in [3.05, 3.63) is 77.4 Å². The molecule has 0 saturated carbocycles. The Labute approximate surface area is 238 Å². The zero-order chi connectivity index (χ0) is 29.1. The highest BCUT2D eigenvalue weighted by Crippen LogP contribution is 2.41. The first-order valence-corrected chi connectivity index (χ1v) is 13.3. The number of nitrogens with zero attached hydrogens (tertiary/aromatic N) is 2. The van der Waals surface area contributed by atoms with Crippen molar-refractivity contribution >= 4 is 46.1 Å². The predicted molar refractivity (Wildman–Crippen MR) is 157 cm³/mol. The minimum atomic E-state index is -0.457. The molecule has 0 saturated heterocycles. The summed E-state index contributed by atoms with van der Waals surface area (Å²) in [4.78, 5) is 41.7. The number of benzene rings is 3. The number of anilines is 3. The van der Waals surface area contributed by atoms with E-state index in [1.165, 1.54) is 0 Å². The van der Waals surface area contributed by atoms with Gasteiger partial charge in [-0.15, -0.1) is 0 Å². The van der Waals surface area contributed by atoms with Gasteiger partial charge in [0, 0.05) is 42.5 Å². The van der Waals surface area contributed by atoms with Gasteiger partial charge >= 0.3 is 5.97 Å². The average Bonchev–Trinajstić information content (AvgIpc) is 3.55. The third kappa shape index (κ3) is 5.87. The van der Waals surface area contributed by atoms with E-state index in [1.807, 2.05) is 55.4 Å². The Hall–Kier alpha value is -4.83. The van der Waals surface area contributed by atoms with Crippen molar-refractivity contribution in [1.82, 2.24) is 4.90 Å². The summed E-state index contributed by atoms with van der Waals surface area (Å²) in [7, 11) is 3.93. The Balaban J connectivity index is 1.54. The summed E-state index contributed by atoms with van der Waals surface area (Å²) < 4.78 is 16.2. The molecule has 212 valence electrons. The summed E-state index contributed by atoms with van der Waals surface area (Å²) in [6, 6.07) is 18.0. The third-order valence-electron chi connectivity index (χ3n) is 6.79. The minimum absolute atomic E-state index is 0.0443. The number of fused-ring (bicyclic) bond motifs is 2. The molecule has 2 N–H and O–H groups in total. The van der Waals surface area contributed by atoms with E-state index in [0.29, 0.717) is 51.7 Å². The molecule has 3 aromatic rings. The molecule has 0 spiro atoms. The Morgan fingerprint density at radius 3 is 2.39 bits per heavy atom. The van der Waals surface area contributed by atoms with Crippen molar-refractivity contribution in [2.75, 3.05) is 56.1 Å². The molecule has 10 nitrogen and oxygen atoms in total. The zero-order valence-electron chi connectivity index (χ0n) is 23.4. The Morgan fingerprint density at radius 1 is 0.951 bits per heavy atom. The largest absolute Gasteiger partial charge is 0.462 e. The molecule has 0 unspecified atom stereocenters. The number of carbonyl (C=O) groups excluding carboxylic acids is 3. The maximum absolute atomic E-state index is 13.4. The van der Waals surface area contributed by atoms with E-state index in [-0.39, 0.29) is 25.2 Å². The fraction of sp³-hybridized carbons (Fsp3) is 0.258. The number of amides is 2. The molecule has 3 aromatic carbocycles. The van der Waals surface area contributed by atoms with Gasteiger partial charge in [-0.2, -0.15) is 0 Å². The van der Waals surface area contributed by atoms with Crippen molar-refractivity contribution in [1.29, 1.82) is 0 Å². The van der Waals surface area contributed by atoms with Crippen molar-refractivity contribution in [3.8, 4) is 11.5 Å². The minimum Gasteiger partial charge on any atom is -0.462 e. The van der Waals surface area contributed by atoms with Crippen LogP contribution in [0.4, 0.5) is 17.1 Å². The zero-order valence-corrected chi connectivity index (χ0v) is 23.4. The van der Waals surface area contributed by atoms with E-state index < -0.39 is 5.97 Å². The Morgan fingerprint density at radius 2 is 1.68 bits per heavy atom. The van der Waals surface area contributed by atoms with E-state index >= 15 is 0 Å². The average molecular weight is 557 g/mol. The summed E-state index contributed by atoms with van der Waals surface area (Å²) in [6.07, 6.45) is 0. The summed E-state index contributed by atoms with van der Waals surface area (Å²) >= 11 is 0. The molecule has 41 heavy (non-hydrogen) atoms. The van der Waals surface area contributed by atoms with Crippen LogP contribution in [0.2, 0.25) is 0 Å². The smallest absolute Gasteiger partial charge is 0.338 e. The first-order chi connectivity index (χ1) is 19.7. The van der Waals surface area contributed by atoms with Crippen molar-refractivity contribution in [2.45, 2.75) is 13.8 Å². The fourth-order valence-electron chi connectivity index (χ4n) is 4.73. The molecule has 2 aliphatic heterocycles. The van der Waals surface area contributed by atoms with Gasteiger partial charge in [0.05, 0.1) is 29.1 Å². The van der Waals surface area contributed by atoms with Gasteiger partial charge in [0.25, 0.3) is 5.91 Å². The van der Waals surface area contributed by atoms with Crippen LogP contribution in [0.25, 0.3) is 11.3 Å². The van der Waals surface area contributed by atoms with Crippen LogP contribution in [-0.2, 0) is 14.3 Å². The first kappa shape index (κ1) is 27.7. The number of carbonyl (C=O) groups is 3. The molecule has 0 aliphatic carbocycles. The lowest BCUT2D eigenvalue weighted by molar-refractivity contribution is -0.116. The normalized spacial score (nSPS) is 14.4. The van der Waals surface area contributed by atoms with Gasteiger partial charge in [-0.25, -0.2) is 4.79 Å². The molecule has 2 amide bonds. The lowest BCUT2D eigenvalue weighted by atomic mass is 9.98. The molecular weight excluding hydrogens is 524 g/mol. The standard InChI is InChI=1S/C31H32N4O6/c1-5-39-31(38)21-6-12-24-25(16-21)33-30(37)28(24)29(20-7-13-26-27(17-20)41-18-40-26)32-22-8-10-23(11-9-22)35(19(2)36)15-14-34(3)4/h6-13,16-17,32H,5,14-15,18H2,1-4H3,(H,33,37). The predicted octanol–water partition coefficient (Wildman–Crippen LogP) is 4.44. The van der Waals surface area contributed by atoms with Crippen molar-refractivity contribution in [3.63, 3.8) is 0 Å². The third-order valence-corrected chi connectivity index (χ3v) is 6.79. The van der Waals surface area contributed by atoms with Gasteiger partial charge < -0.3 is 34.6 Å². The molecule has 10 heteroatoms. The number of nitrogens with one attached hydrogen (secondary N) is 2. The van der Waals surface area contributed by atoms with Gasteiger partial charge in [0.1, 0.15) is 0 Å². The molecule has 0 aromatic heterocycles. The molecule has 2 heterocycles. The SMILES string of the molecule is CCOC(=O)c1ccc2c(c1)NC(=O)C2=C(Nc1ccc(N(CCN(C)C)C(C)=O)cc1)c1ccc2c(c1)OCO2. The van der Waals surface area contributed by atoms with Crippen molar-refractivity contribution < 1.29 is 28.6 Å². The van der Waals surface area contributed by atoms with Crippen LogP contribution in [0.3, 0.4) is 0 Å². The number of esters is 1. The van der Waals surface area contributed by atoms with Crippen LogP contribution in [0.5, 0.6) is 11.5 Å². The van der Waals surface area contributed by atoms with Crippen LogP contribution in [-0.4, -0.2) is 63.3 Å². The van der Waals surface area contributed by atoms with E-state index in [1.54, 1.807) is 43.0 Å². The number of ether oxygens (including phenoxy) is 3. The van der Waals surface area contributed by atoms with Gasteiger partial charge in [-0.1, -0.05) is 6.07 Å². The second-order valence-electron chi connectivity index (χ2n) is 9.90. The number of hydrogen-bond acceptors (Lipinski definition) is 8. The van der Waals surface area contributed by atoms with E-state index in [2.05, 4.69) is 10.6 Å². The number of rotatable bonds is 9. The highest BCUT2D eigenvalue weighted by atomic mass is 16.7. The van der Waals surface area contributed by atoms with Crippen LogP contribution >= 0.6 is 0 Å². The lowest BCUT2D eigenvalue weighted by Gasteiger charge is -2.23. The monoisotopic (exact) mass is 556 g/mol. The van der Waals surface area contributed by atoms with E-state index in [0.717, 1.165) is 17.9 Å². The molecule has 0 radical (unpaired) electrons. The second-order valence-corrected chi connectivity index (χ2v) is 9.90. The topological polar surface area (TPSA) is 109 Å². The van der Waals surface area contributed by atoms with Gasteiger partial charge in [-0.3, -0.25) is 9.59 Å². The van der Waals surface area contributed by atoms with E-state index in [4.69, 9.17) is 14.2 Å². The Bertz CT molecular complexity index is 1530. The number of hydrogen-bond donors (Lipinski definition) is 2. The van der Waals surface area contributed by atoms with Gasteiger partial charge in [0.2, 0.25) is 12.7 Å². The molecule has 2 aliphatic rings. The summed E-state index contributed by atoms with van der Waals surface area (Å²) in [6.45, 7) is 4.96. The maximum Gasteiger partial charge on any atom is 0.338 e. The number of likely N-dealkylation sites (N-methyl/N-ethyl adjacent to an activating group) is 1. The lowest BCUT2D eigenvalue weighted by Crippen LogP contribution is -2.35. The molecular formula is C31H32N4O6. The van der Waals surface area contributed by atoms with Crippen LogP contribution < -0.4 is 25.0 Å². The summed E-state index contributed by atoms with van der Waals surface area (Å²) in [5.74, 6) is 0.384. The van der Waals surface area contributed by atoms with Crippen molar-refractivity contribution in [2.24, 2.45) is 0 Å². The van der Waals surface area contributed by atoms with Crippen LogP contribution in [0, 0.1) is 0 Å². The molecule has 0 atom stereocenters. The Kier molecular flexibility index (Phi) is 7.93. The second kappa shape index (κ2) is 11.7. The van der Waals surface area contributed by atoms with Gasteiger partial charge in [0.15, 0.2) is 11.5 Å². The maximum atomic E-state index is 13.4. The van der Waals surface area contributed by atoms with Crippen LogP contribution in [0.1, 0.15) is 35.3 Å². The first-order valence-electron chi connectivity index (χ1n) is 13.3. The van der Waals surface area contributed by atoms with Crippen LogP contribution in [0.15, 0.2) is 60.7 Å². The fourth-order valence-corrected chi connectivity index (χ4v) is 4.73. The molecule has 5 rings (SSSR count). The molecule has 0 fully saturated rings. The summed E-state index contributed by atoms with van der Waals surface area (Å²) in [5, 5.41) is 6.31. The summed E-state index contributed by atoms with van der Waals surface area (Å²) in [5.41, 5.74) is 4.68. The van der Waals surface area contributed by atoms with Gasteiger partial charge in [-0.05, 0) is 75.6 Å².